The van der Waals surface area contributed by atoms with Gasteiger partial charge in [0.05, 0.1) is 6.54 Å². The van der Waals surface area contributed by atoms with Crippen LogP contribution in [0.1, 0.15) is 58.8 Å². The second-order valence-corrected chi connectivity index (χ2v) is 6.56. The molecular formula is C16H29N3O2. The van der Waals surface area contributed by atoms with Gasteiger partial charge in [-0.25, -0.2) is 4.79 Å². The molecule has 0 aromatic heterocycles. The molecule has 3 amide bonds. The van der Waals surface area contributed by atoms with Crippen molar-refractivity contribution in [1.29, 1.82) is 0 Å². The van der Waals surface area contributed by atoms with Crippen LogP contribution in [-0.2, 0) is 4.79 Å². The maximum atomic E-state index is 12.1. The molecule has 0 bridgehead atoms. The molecule has 21 heavy (non-hydrogen) atoms. The molecule has 0 spiro atoms. The highest BCUT2D eigenvalue weighted by Gasteiger charge is 2.33. The standard InChI is InChI=1S/C16H29N3O2/c1-3-12(2)17-16(21)18-15(20)11-19-10-6-8-13-7-4-5-9-14(13)19/h12-14H,3-11H2,1-2H3,(H2,17,18,20,21)/t12-,13+,14-/m0/s1. The average Bonchev–Trinajstić information content (AvgIpc) is 2.47. The summed E-state index contributed by atoms with van der Waals surface area (Å²) in [6.45, 7) is 5.28. The Labute approximate surface area is 127 Å². The molecule has 1 aliphatic heterocycles. The molecule has 0 unspecified atom stereocenters. The Morgan fingerprint density at radius 3 is 2.67 bits per heavy atom. The zero-order chi connectivity index (χ0) is 15.2. The molecule has 2 rings (SSSR count). The monoisotopic (exact) mass is 295 g/mol. The summed E-state index contributed by atoms with van der Waals surface area (Å²) in [7, 11) is 0. The fourth-order valence-corrected chi connectivity index (χ4v) is 3.64. The Morgan fingerprint density at radius 1 is 1.19 bits per heavy atom. The van der Waals surface area contributed by atoms with Gasteiger partial charge in [0.1, 0.15) is 0 Å². The molecule has 0 aromatic carbocycles. The van der Waals surface area contributed by atoms with Gasteiger partial charge < -0.3 is 5.32 Å². The van der Waals surface area contributed by atoms with E-state index in [0.717, 1.165) is 18.9 Å². The minimum absolute atomic E-state index is 0.0931. The van der Waals surface area contributed by atoms with Gasteiger partial charge in [-0.15, -0.1) is 0 Å². The largest absolute Gasteiger partial charge is 0.335 e. The number of nitrogens with zero attached hydrogens (tertiary/aromatic N) is 1. The third-order valence-electron chi connectivity index (χ3n) is 4.95. The van der Waals surface area contributed by atoms with Crippen LogP contribution in [0.4, 0.5) is 4.79 Å². The number of rotatable bonds is 4. The number of likely N-dealkylation sites (tertiary alicyclic amines) is 1. The summed E-state index contributed by atoms with van der Waals surface area (Å²) in [5.41, 5.74) is 0. The van der Waals surface area contributed by atoms with E-state index in [-0.39, 0.29) is 18.0 Å². The molecule has 2 aliphatic rings. The number of urea groups is 1. The van der Waals surface area contributed by atoms with E-state index in [0.29, 0.717) is 12.6 Å². The first-order chi connectivity index (χ1) is 10.1. The van der Waals surface area contributed by atoms with Crippen LogP contribution in [0.15, 0.2) is 0 Å². The van der Waals surface area contributed by atoms with E-state index in [4.69, 9.17) is 0 Å². The Bertz CT molecular complexity index is 371. The maximum absolute atomic E-state index is 12.1. The lowest BCUT2D eigenvalue weighted by Crippen LogP contribution is -2.52. The summed E-state index contributed by atoms with van der Waals surface area (Å²) in [6.07, 6.45) is 8.45. The van der Waals surface area contributed by atoms with Gasteiger partial charge in [0.2, 0.25) is 5.91 Å². The fraction of sp³-hybridized carbons (Fsp3) is 0.875. The Morgan fingerprint density at radius 2 is 1.90 bits per heavy atom. The van der Waals surface area contributed by atoms with Gasteiger partial charge in [-0.1, -0.05) is 19.8 Å². The van der Waals surface area contributed by atoms with Gasteiger partial charge >= 0.3 is 6.03 Å². The first-order valence-electron chi connectivity index (χ1n) is 8.44. The van der Waals surface area contributed by atoms with Crippen molar-refractivity contribution >= 4 is 11.9 Å². The highest BCUT2D eigenvalue weighted by atomic mass is 16.2. The Hall–Kier alpha value is -1.10. The molecule has 5 nitrogen and oxygen atoms in total. The number of hydrogen-bond acceptors (Lipinski definition) is 3. The van der Waals surface area contributed by atoms with Crippen molar-refractivity contribution in [3.8, 4) is 0 Å². The lowest BCUT2D eigenvalue weighted by molar-refractivity contribution is -0.122. The number of nitrogens with one attached hydrogen (secondary N) is 2. The van der Waals surface area contributed by atoms with Crippen molar-refractivity contribution in [2.75, 3.05) is 13.1 Å². The molecule has 2 fully saturated rings. The molecule has 3 atom stereocenters. The zero-order valence-corrected chi connectivity index (χ0v) is 13.4. The summed E-state index contributed by atoms with van der Waals surface area (Å²) in [5.74, 6) is 0.580. The highest BCUT2D eigenvalue weighted by molar-refractivity contribution is 5.95. The normalized spacial score (nSPS) is 27.5. The van der Waals surface area contributed by atoms with Crippen LogP contribution in [0, 0.1) is 5.92 Å². The van der Waals surface area contributed by atoms with Crippen molar-refractivity contribution in [2.24, 2.45) is 5.92 Å². The number of piperidine rings is 1. The van der Waals surface area contributed by atoms with Crippen molar-refractivity contribution in [2.45, 2.75) is 70.9 Å². The first-order valence-corrected chi connectivity index (χ1v) is 8.44. The topological polar surface area (TPSA) is 61.4 Å². The van der Waals surface area contributed by atoms with Gasteiger partial charge in [0.25, 0.3) is 0 Å². The summed E-state index contributed by atoms with van der Waals surface area (Å²) >= 11 is 0. The third-order valence-corrected chi connectivity index (χ3v) is 4.95. The molecular weight excluding hydrogens is 266 g/mol. The first kappa shape index (κ1) is 16.3. The number of imide groups is 1. The predicted molar refractivity (Wildman–Crippen MR) is 83.0 cm³/mol. The lowest BCUT2D eigenvalue weighted by atomic mass is 9.78. The lowest BCUT2D eigenvalue weighted by Gasteiger charge is -2.43. The van der Waals surface area contributed by atoms with Crippen LogP contribution in [0.2, 0.25) is 0 Å². The van der Waals surface area contributed by atoms with E-state index in [1.807, 2.05) is 13.8 Å². The number of fused-ring (bicyclic) bond motifs is 1. The molecule has 5 heteroatoms. The molecule has 1 heterocycles. The summed E-state index contributed by atoms with van der Waals surface area (Å²) in [4.78, 5) is 26.0. The van der Waals surface area contributed by atoms with Crippen LogP contribution < -0.4 is 10.6 Å². The molecule has 120 valence electrons. The van der Waals surface area contributed by atoms with Gasteiger partial charge in [0.15, 0.2) is 0 Å². The SMILES string of the molecule is CC[C@H](C)NC(=O)NC(=O)CN1CCC[C@H]2CCCC[C@@H]21. The van der Waals surface area contributed by atoms with Crippen LogP contribution >= 0.6 is 0 Å². The van der Waals surface area contributed by atoms with E-state index >= 15 is 0 Å². The van der Waals surface area contributed by atoms with Gasteiger partial charge in [-0.2, -0.15) is 0 Å². The van der Waals surface area contributed by atoms with E-state index in [2.05, 4.69) is 15.5 Å². The summed E-state index contributed by atoms with van der Waals surface area (Å²) < 4.78 is 0. The smallest absolute Gasteiger partial charge is 0.321 e. The second kappa shape index (κ2) is 7.78. The van der Waals surface area contributed by atoms with Crippen LogP contribution in [0.25, 0.3) is 0 Å². The maximum Gasteiger partial charge on any atom is 0.321 e. The highest BCUT2D eigenvalue weighted by Crippen LogP contribution is 2.34. The average molecular weight is 295 g/mol. The van der Waals surface area contributed by atoms with Crippen LogP contribution in [0.3, 0.4) is 0 Å². The minimum Gasteiger partial charge on any atom is -0.335 e. The van der Waals surface area contributed by atoms with Crippen molar-refractivity contribution in [3.05, 3.63) is 0 Å². The van der Waals surface area contributed by atoms with Gasteiger partial charge in [-0.05, 0) is 51.5 Å². The quantitative estimate of drug-likeness (QED) is 0.836. The fourth-order valence-electron chi connectivity index (χ4n) is 3.64. The van der Waals surface area contributed by atoms with Crippen molar-refractivity contribution < 1.29 is 9.59 Å². The minimum atomic E-state index is -0.369. The Balaban J connectivity index is 1.79. The van der Waals surface area contributed by atoms with Crippen molar-refractivity contribution in [1.82, 2.24) is 15.5 Å². The van der Waals surface area contributed by atoms with Gasteiger partial charge in [0, 0.05) is 12.1 Å². The number of carbonyl (C=O) groups excluding carboxylic acids is 2. The molecule has 2 N–H and O–H groups in total. The molecule has 0 aromatic rings. The summed E-state index contributed by atoms with van der Waals surface area (Å²) in [6, 6.07) is 0.276. The summed E-state index contributed by atoms with van der Waals surface area (Å²) in [5, 5.41) is 5.22. The number of amides is 3. The van der Waals surface area contributed by atoms with E-state index < -0.39 is 0 Å². The second-order valence-electron chi connectivity index (χ2n) is 6.56. The number of carbonyl (C=O) groups is 2. The van der Waals surface area contributed by atoms with Crippen molar-refractivity contribution in [3.63, 3.8) is 0 Å². The zero-order valence-electron chi connectivity index (χ0n) is 13.4. The van der Waals surface area contributed by atoms with Gasteiger partial charge in [-0.3, -0.25) is 15.0 Å². The molecule has 1 saturated carbocycles. The molecule has 1 aliphatic carbocycles. The van der Waals surface area contributed by atoms with E-state index in [1.165, 1.54) is 38.5 Å². The number of hydrogen-bond donors (Lipinski definition) is 2. The predicted octanol–water partition coefficient (Wildman–Crippen LogP) is 2.27. The van der Waals surface area contributed by atoms with E-state index in [9.17, 15) is 9.59 Å². The Kier molecular flexibility index (Phi) is 6.03. The van der Waals surface area contributed by atoms with E-state index in [1.54, 1.807) is 0 Å². The van der Waals surface area contributed by atoms with Crippen LogP contribution in [0.5, 0.6) is 0 Å². The molecule has 1 saturated heterocycles. The molecule has 0 radical (unpaired) electrons. The van der Waals surface area contributed by atoms with Crippen LogP contribution in [-0.4, -0.2) is 42.0 Å². The third kappa shape index (κ3) is 4.70.